The van der Waals surface area contributed by atoms with Crippen molar-refractivity contribution >= 4 is 11.8 Å². The van der Waals surface area contributed by atoms with Gasteiger partial charge in [-0.15, -0.1) is 0 Å². The first kappa shape index (κ1) is 12.4. The third-order valence-corrected chi connectivity index (χ3v) is 3.89. The van der Waals surface area contributed by atoms with Gasteiger partial charge in [0.15, 0.2) is 0 Å². The summed E-state index contributed by atoms with van der Waals surface area (Å²) < 4.78 is 0. The molecule has 1 N–H and O–H groups in total. The first-order valence-electron chi connectivity index (χ1n) is 6.59. The number of amides is 2. The van der Waals surface area contributed by atoms with E-state index >= 15 is 0 Å². The average molecular weight is 238 g/mol. The standard InChI is InChI=1S/C13H22N2O2/c1-13(2)12(17)15(9-11(16)14-13)8-7-10-5-3-4-6-10/h10H,3-9H2,1-2H3,(H,14,16). The summed E-state index contributed by atoms with van der Waals surface area (Å²) >= 11 is 0. The molecule has 0 aromatic carbocycles. The zero-order valence-electron chi connectivity index (χ0n) is 10.8. The van der Waals surface area contributed by atoms with E-state index < -0.39 is 5.54 Å². The Morgan fingerprint density at radius 3 is 2.59 bits per heavy atom. The summed E-state index contributed by atoms with van der Waals surface area (Å²) in [6, 6.07) is 0. The second-order valence-electron chi connectivity index (χ2n) is 5.84. The van der Waals surface area contributed by atoms with E-state index in [2.05, 4.69) is 5.32 Å². The second-order valence-corrected chi connectivity index (χ2v) is 5.84. The summed E-state index contributed by atoms with van der Waals surface area (Å²) in [4.78, 5) is 25.4. The lowest BCUT2D eigenvalue weighted by molar-refractivity contribution is -0.148. The Labute approximate surface area is 103 Å². The molecule has 0 radical (unpaired) electrons. The van der Waals surface area contributed by atoms with Crippen molar-refractivity contribution in [1.29, 1.82) is 0 Å². The van der Waals surface area contributed by atoms with Gasteiger partial charge in [0.05, 0.1) is 6.54 Å². The second kappa shape index (κ2) is 4.67. The SMILES string of the molecule is CC1(C)NC(=O)CN(CCC2CCCC2)C1=O. The average Bonchev–Trinajstić information content (AvgIpc) is 2.73. The number of nitrogens with zero attached hydrogens (tertiary/aromatic N) is 1. The fourth-order valence-electron chi connectivity index (χ4n) is 2.90. The molecule has 0 unspecified atom stereocenters. The summed E-state index contributed by atoms with van der Waals surface area (Å²) in [6.45, 7) is 4.51. The van der Waals surface area contributed by atoms with Gasteiger partial charge in [-0.25, -0.2) is 0 Å². The zero-order valence-corrected chi connectivity index (χ0v) is 10.8. The molecule has 0 aromatic heterocycles. The van der Waals surface area contributed by atoms with Crippen LogP contribution in [-0.2, 0) is 9.59 Å². The van der Waals surface area contributed by atoms with Crippen molar-refractivity contribution in [1.82, 2.24) is 10.2 Å². The molecular formula is C13H22N2O2. The van der Waals surface area contributed by atoms with Crippen LogP contribution < -0.4 is 5.32 Å². The van der Waals surface area contributed by atoms with E-state index in [1.54, 1.807) is 18.7 Å². The van der Waals surface area contributed by atoms with Crippen molar-refractivity contribution in [2.75, 3.05) is 13.1 Å². The summed E-state index contributed by atoms with van der Waals surface area (Å²) in [5.74, 6) is 0.770. The van der Waals surface area contributed by atoms with Crippen molar-refractivity contribution in [2.24, 2.45) is 5.92 Å². The van der Waals surface area contributed by atoms with E-state index in [0.717, 1.165) is 18.9 Å². The van der Waals surface area contributed by atoms with Gasteiger partial charge in [-0.2, -0.15) is 0 Å². The van der Waals surface area contributed by atoms with Crippen LogP contribution in [0, 0.1) is 5.92 Å². The molecular weight excluding hydrogens is 216 g/mol. The normalized spacial score (nSPS) is 25.2. The van der Waals surface area contributed by atoms with Gasteiger partial charge in [-0.3, -0.25) is 9.59 Å². The van der Waals surface area contributed by atoms with Crippen molar-refractivity contribution in [3.63, 3.8) is 0 Å². The van der Waals surface area contributed by atoms with Crippen molar-refractivity contribution in [3.8, 4) is 0 Å². The van der Waals surface area contributed by atoms with E-state index in [4.69, 9.17) is 0 Å². The van der Waals surface area contributed by atoms with Gasteiger partial charge < -0.3 is 10.2 Å². The Bertz CT molecular complexity index is 319. The molecule has 1 saturated carbocycles. The van der Waals surface area contributed by atoms with E-state index in [9.17, 15) is 9.59 Å². The Balaban J connectivity index is 1.90. The molecule has 2 fully saturated rings. The van der Waals surface area contributed by atoms with Gasteiger partial charge in [0.1, 0.15) is 5.54 Å². The molecule has 0 bridgehead atoms. The predicted molar refractivity (Wildman–Crippen MR) is 65.4 cm³/mol. The molecule has 1 aliphatic carbocycles. The molecule has 0 aromatic rings. The van der Waals surface area contributed by atoms with Gasteiger partial charge in [0.25, 0.3) is 0 Å². The Hall–Kier alpha value is -1.06. The van der Waals surface area contributed by atoms with Crippen molar-refractivity contribution < 1.29 is 9.59 Å². The van der Waals surface area contributed by atoms with Gasteiger partial charge in [0, 0.05) is 6.54 Å². The van der Waals surface area contributed by atoms with Crippen LogP contribution in [0.1, 0.15) is 46.0 Å². The Kier molecular flexibility index (Phi) is 3.40. The van der Waals surface area contributed by atoms with Crippen LogP contribution in [0.5, 0.6) is 0 Å². The monoisotopic (exact) mass is 238 g/mol. The van der Waals surface area contributed by atoms with E-state index in [1.165, 1.54) is 25.7 Å². The fraction of sp³-hybridized carbons (Fsp3) is 0.846. The van der Waals surface area contributed by atoms with E-state index in [1.807, 2.05) is 0 Å². The van der Waals surface area contributed by atoms with Crippen molar-refractivity contribution in [2.45, 2.75) is 51.5 Å². The number of rotatable bonds is 3. The highest BCUT2D eigenvalue weighted by Crippen LogP contribution is 2.28. The molecule has 2 rings (SSSR count). The maximum absolute atomic E-state index is 12.1. The van der Waals surface area contributed by atoms with Crippen LogP contribution in [0.4, 0.5) is 0 Å². The minimum absolute atomic E-state index is 0.0407. The summed E-state index contributed by atoms with van der Waals surface area (Å²) in [5, 5.41) is 2.73. The summed E-state index contributed by atoms with van der Waals surface area (Å²) in [6.07, 6.45) is 6.28. The highest BCUT2D eigenvalue weighted by atomic mass is 16.2. The minimum Gasteiger partial charge on any atom is -0.341 e. The summed E-state index contributed by atoms with van der Waals surface area (Å²) in [7, 11) is 0. The maximum Gasteiger partial charge on any atom is 0.248 e. The number of piperazine rings is 1. The zero-order chi connectivity index (χ0) is 12.5. The number of hydrogen-bond acceptors (Lipinski definition) is 2. The molecule has 1 saturated heterocycles. The first-order valence-corrected chi connectivity index (χ1v) is 6.59. The quantitative estimate of drug-likeness (QED) is 0.805. The Morgan fingerprint density at radius 1 is 1.29 bits per heavy atom. The number of hydrogen-bond donors (Lipinski definition) is 1. The van der Waals surface area contributed by atoms with Crippen LogP contribution in [0.2, 0.25) is 0 Å². The molecule has 1 heterocycles. The smallest absolute Gasteiger partial charge is 0.248 e. The minimum atomic E-state index is -0.731. The van der Waals surface area contributed by atoms with Crippen LogP contribution in [-0.4, -0.2) is 35.3 Å². The lowest BCUT2D eigenvalue weighted by Crippen LogP contribution is -2.63. The van der Waals surface area contributed by atoms with Gasteiger partial charge >= 0.3 is 0 Å². The molecule has 0 atom stereocenters. The van der Waals surface area contributed by atoms with Crippen LogP contribution in [0.15, 0.2) is 0 Å². The largest absolute Gasteiger partial charge is 0.341 e. The highest BCUT2D eigenvalue weighted by molar-refractivity contribution is 5.97. The molecule has 96 valence electrons. The van der Waals surface area contributed by atoms with E-state index in [-0.39, 0.29) is 18.4 Å². The molecule has 4 heteroatoms. The molecule has 17 heavy (non-hydrogen) atoms. The Morgan fingerprint density at radius 2 is 1.94 bits per heavy atom. The molecule has 2 amide bonds. The molecule has 2 aliphatic rings. The number of carbonyl (C=O) groups is 2. The van der Waals surface area contributed by atoms with Crippen molar-refractivity contribution in [3.05, 3.63) is 0 Å². The third kappa shape index (κ3) is 2.79. The summed E-state index contributed by atoms with van der Waals surface area (Å²) in [5.41, 5.74) is -0.731. The van der Waals surface area contributed by atoms with Gasteiger partial charge in [-0.1, -0.05) is 25.7 Å². The topological polar surface area (TPSA) is 49.4 Å². The van der Waals surface area contributed by atoms with Crippen LogP contribution >= 0.6 is 0 Å². The predicted octanol–water partition coefficient (Wildman–Crippen LogP) is 1.30. The van der Waals surface area contributed by atoms with Gasteiger partial charge in [0.2, 0.25) is 11.8 Å². The fourth-order valence-corrected chi connectivity index (χ4v) is 2.90. The number of carbonyl (C=O) groups excluding carboxylic acids is 2. The van der Waals surface area contributed by atoms with Crippen LogP contribution in [0.3, 0.4) is 0 Å². The first-order chi connectivity index (χ1) is 7.99. The van der Waals surface area contributed by atoms with E-state index in [0.29, 0.717) is 0 Å². The third-order valence-electron chi connectivity index (χ3n) is 3.89. The number of nitrogens with one attached hydrogen (secondary N) is 1. The lowest BCUT2D eigenvalue weighted by atomic mass is 9.98. The lowest BCUT2D eigenvalue weighted by Gasteiger charge is -2.37. The highest BCUT2D eigenvalue weighted by Gasteiger charge is 2.38. The molecule has 4 nitrogen and oxygen atoms in total. The molecule has 1 aliphatic heterocycles. The van der Waals surface area contributed by atoms with Crippen LogP contribution in [0.25, 0.3) is 0 Å². The molecule has 0 spiro atoms. The maximum atomic E-state index is 12.1. The van der Waals surface area contributed by atoms with Gasteiger partial charge in [-0.05, 0) is 26.2 Å².